The molecule has 22 heavy (non-hydrogen) atoms. The zero-order valence-electron chi connectivity index (χ0n) is 14.2. The summed E-state index contributed by atoms with van der Waals surface area (Å²) in [5, 5.41) is 0. The highest BCUT2D eigenvalue weighted by molar-refractivity contribution is 6.81. The number of epoxide rings is 1. The molecular formula is C12H30O6Si4. The van der Waals surface area contributed by atoms with E-state index in [0.29, 0.717) is 6.10 Å². The molecular weight excluding hydrogens is 352 g/mol. The second-order valence-corrected chi connectivity index (χ2v) is 16.7. The number of hydrogen-bond donors (Lipinski definition) is 0. The second kappa shape index (κ2) is 9.20. The minimum Gasteiger partial charge on any atom is -0.420 e. The van der Waals surface area contributed by atoms with Crippen LogP contribution >= 0.6 is 0 Å². The largest absolute Gasteiger partial charge is 0.420 e. The molecule has 0 bridgehead atoms. The molecule has 0 N–H and O–H groups in total. The van der Waals surface area contributed by atoms with Crippen LogP contribution in [0.4, 0.5) is 0 Å². The van der Waals surface area contributed by atoms with Gasteiger partial charge < -0.3 is 25.9 Å². The minimum atomic E-state index is -2.07. The molecule has 2 rings (SSSR count). The first-order chi connectivity index (χ1) is 10.5. The van der Waals surface area contributed by atoms with E-state index in [4.69, 9.17) is 25.9 Å². The maximum Gasteiger partial charge on any atom is 0.316 e. The van der Waals surface area contributed by atoms with Crippen LogP contribution in [0, 0.1) is 0 Å². The van der Waals surface area contributed by atoms with E-state index < -0.39 is 36.4 Å². The van der Waals surface area contributed by atoms with Crippen molar-refractivity contribution in [1.29, 1.82) is 0 Å². The van der Waals surface area contributed by atoms with Gasteiger partial charge in [-0.2, -0.15) is 0 Å². The van der Waals surface area contributed by atoms with Gasteiger partial charge in [0.05, 0.1) is 13.2 Å². The fourth-order valence-corrected chi connectivity index (χ4v) is 18.2. The highest BCUT2D eigenvalue weighted by Crippen LogP contribution is 2.22. The van der Waals surface area contributed by atoms with Crippen LogP contribution in [0.5, 0.6) is 0 Å². The Morgan fingerprint density at radius 2 is 1.82 bits per heavy atom. The van der Waals surface area contributed by atoms with E-state index in [1.807, 2.05) is 0 Å². The normalized spacial score (nSPS) is 39.3. The van der Waals surface area contributed by atoms with Gasteiger partial charge in [0, 0.05) is 6.61 Å². The molecule has 3 atom stereocenters. The van der Waals surface area contributed by atoms with Gasteiger partial charge in [-0.15, -0.1) is 0 Å². The Morgan fingerprint density at radius 3 is 2.36 bits per heavy atom. The first kappa shape index (κ1) is 19.0. The summed E-state index contributed by atoms with van der Waals surface area (Å²) in [5.41, 5.74) is 0. The van der Waals surface area contributed by atoms with Crippen LogP contribution in [0.2, 0.25) is 31.7 Å². The lowest BCUT2D eigenvalue weighted by molar-refractivity contribution is 0.116. The third kappa shape index (κ3) is 7.03. The van der Waals surface area contributed by atoms with E-state index in [9.17, 15) is 0 Å². The van der Waals surface area contributed by atoms with E-state index in [-0.39, 0.29) is 0 Å². The van der Waals surface area contributed by atoms with Gasteiger partial charge in [0.15, 0.2) is 0 Å². The summed E-state index contributed by atoms with van der Waals surface area (Å²) in [6.07, 6.45) is 2.41. The van der Waals surface area contributed by atoms with Crippen LogP contribution in [0.15, 0.2) is 0 Å². The van der Waals surface area contributed by atoms with Crippen LogP contribution in [0.25, 0.3) is 0 Å². The van der Waals surface area contributed by atoms with Crippen molar-refractivity contribution >= 4 is 36.4 Å². The van der Waals surface area contributed by atoms with Gasteiger partial charge in [-0.1, -0.05) is 13.3 Å². The molecule has 0 amide bonds. The Balaban J connectivity index is 1.71. The van der Waals surface area contributed by atoms with Crippen LogP contribution in [-0.2, 0) is 25.9 Å². The van der Waals surface area contributed by atoms with E-state index in [2.05, 4.69) is 26.6 Å². The van der Waals surface area contributed by atoms with Crippen molar-refractivity contribution in [2.45, 2.75) is 57.6 Å². The predicted molar refractivity (Wildman–Crippen MR) is 94.2 cm³/mol. The third-order valence-electron chi connectivity index (χ3n) is 3.66. The molecule has 0 aliphatic carbocycles. The van der Waals surface area contributed by atoms with Crippen LogP contribution < -0.4 is 0 Å². The van der Waals surface area contributed by atoms with Gasteiger partial charge in [-0.25, -0.2) is 0 Å². The maximum absolute atomic E-state index is 6.26. The fraction of sp³-hybridized carbons (Fsp3) is 1.00. The Hall–Kier alpha value is 0.628. The van der Waals surface area contributed by atoms with E-state index in [1.54, 1.807) is 0 Å². The smallest absolute Gasteiger partial charge is 0.316 e. The summed E-state index contributed by atoms with van der Waals surface area (Å²) in [6, 6.07) is 2.00. The van der Waals surface area contributed by atoms with E-state index in [1.165, 1.54) is 0 Å². The summed E-state index contributed by atoms with van der Waals surface area (Å²) in [5.74, 6) is 0. The van der Waals surface area contributed by atoms with Crippen molar-refractivity contribution in [3.05, 3.63) is 0 Å². The molecule has 6 nitrogen and oxygen atoms in total. The monoisotopic (exact) mass is 382 g/mol. The van der Waals surface area contributed by atoms with Gasteiger partial charge >= 0.3 is 17.8 Å². The van der Waals surface area contributed by atoms with E-state index in [0.717, 1.165) is 44.8 Å². The lowest BCUT2D eigenvalue weighted by atomic mass is 10.5. The van der Waals surface area contributed by atoms with Gasteiger partial charge in [0.2, 0.25) is 0 Å². The topological polar surface area (TPSA) is 58.7 Å². The van der Waals surface area contributed by atoms with Crippen LogP contribution in [0.3, 0.4) is 0 Å². The lowest BCUT2D eigenvalue weighted by Crippen LogP contribution is -2.53. The van der Waals surface area contributed by atoms with Crippen molar-refractivity contribution < 1.29 is 25.9 Å². The lowest BCUT2D eigenvalue weighted by Gasteiger charge is -2.37. The Bertz CT molecular complexity index is 319. The zero-order valence-corrected chi connectivity index (χ0v) is 18.7. The molecule has 2 saturated heterocycles. The third-order valence-corrected chi connectivity index (χ3v) is 18.1. The fourth-order valence-electron chi connectivity index (χ4n) is 2.68. The van der Waals surface area contributed by atoms with Gasteiger partial charge in [-0.05, 0) is 38.2 Å². The molecule has 10 heteroatoms. The molecule has 0 spiro atoms. The molecule has 0 aromatic heterocycles. The molecule has 0 radical (unpaired) electrons. The van der Waals surface area contributed by atoms with Crippen molar-refractivity contribution in [2.75, 3.05) is 19.8 Å². The second-order valence-electron chi connectivity index (χ2n) is 6.13. The standard InChI is InChI=1S/C12H30O6Si4/c1-5-9-22(4)17-19(2)15-21(16-20(3)18-22)8-6-7-13-10-12-11-14-12/h12,19-21H,5-11H2,1-4H3. The van der Waals surface area contributed by atoms with Crippen molar-refractivity contribution in [1.82, 2.24) is 0 Å². The molecule has 3 unspecified atom stereocenters. The van der Waals surface area contributed by atoms with Gasteiger partial charge in [0.1, 0.15) is 6.10 Å². The molecule has 0 aromatic rings. The van der Waals surface area contributed by atoms with Crippen molar-refractivity contribution in [3.63, 3.8) is 0 Å². The molecule has 0 saturated carbocycles. The van der Waals surface area contributed by atoms with Crippen molar-refractivity contribution in [3.8, 4) is 0 Å². The average Bonchev–Trinajstić information content (AvgIpc) is 3.20. The molecule has 130 valence electrons. The summed E-state index contributed by atoms with van der Waals surface area (Å²) in [6.45, 7) is 10.9. The quantitative estimate of drug-likeness (QED) is 0.358. The summed E-state index contributed by atoms with van der Waals surface area (Å²) < 4.78 is 35.6. The van der Waals surface area contributed by atoms with E-state index >= 15 is 0 Å². The number of ether oxygens (including phenoxy) is 2. The predicted octanol–water partition coefficient (Wildman–Crippen LogP) is 1.27. The number of hydrogen-bond acceptors (Lipinski definition) is 6. The van der Waals surface area contributed by atoms with Gasteiger partial charge in [0.25, 0.3) is 18.6 Å². The van der Waals surface area contributed by atoms with Crippen LogP contribution in [-0.4, -0.2) is 62.3 Å². The molecule has 2 aliphatic rings. The van der Waals surface area contributed by atoms with Crippen molar-refractivity contribution in [2.24, 2.45) is 0 Å². The zero-order chi connectivity index (χ0) is 16.0. The highest BCUT2D eigenvalue weighted by Gasteiger charge is 2.39. The Morgan fingerprint density at radius 1 is 1.18 bits per heavy atom. The molecule has 2 heterocycles. The maximum atomic E-state index is 6.26. The summed E-state index contributed by atoms with van der Waals surface area (Å²) in [4.78, 5) is 0. The summed E-state index contributed by atoms with van der Waals surface area (Å²) >= 11 is 0. The van der Waals surface area contributed by atoms with Crippen LogP contribution in [0.1, 0.15) is 19.8 Å². The average molecular weight is 383 g/mol. The molecule has 2 aliphatic heterocycles. The minimum absolute atomic E-state index is 0.342. The van der Waals surface area contributed by atoms with Gasteiger partial charge in [-0.3, -0.25) is 0 Å². The molecule has 0 aromatic carbocycles. The Kier molecular flexibility index (Phi) is 7.93. The molecule has 2 fully saturated rings. The number of rotatable bonds is 8. The SMILES string of the molecule is CCC[Si]1(C)O[SiH](C)O[SiH](CCCOCC2CO2)O[SiH](C)O1. The summed E-state index contributed by atoms with van der Waals surface area (Å²) in [7, 11) is -7.01. The Labute approximate surface area is 140 Å². The first-order valence-electron chi connectivity index (χ1n) is 8.36. The first-order valence-corrected chi connectivity index (χ1v) is 16.8. The highest BCUT2D eigenvalue weighted by atomic mass is 28.5.